The van der Waals surface area contributed by atoms with Crippen LogP contribution in [0.2, 0.25) is 0 Å². The van der Waals surface area contributed by atoms with Gasteiger partial charge in [-0.2, -0.15) is 0 Å². The third-order valence-electron chi connectivity index (χ3n) is 3.18. The fourth-order valence-electron chi connectivity index (χ4n) is 1.95. The second-order valence-corrected chi connectivity index (χ2v) is 5.04. The molecule has 18 heavy (non-hydrogen) atoms. The van der Waals surface area contributed by atoms with Gasteiger partial charge in [-0.3, -0.25) is 0 Å². The van der Waals surface area contributed by atoms with Crippen molar-refractivity contribution in [1.82, 2.24) is 15.5 Å². The second-order valence-electron chi connectivity index (χ2n) is 5.04. The van der Waals surface area contributed by atoms with Crippen molar-refractivity contribution < 1.29 is 9.15 Å². The Morgan fingerprint density at radius 1 is 1.39 bits per heavy atom. The lowest BCUT2D eigenvalue weighted by atomic mass is 10.0. The maximum absolute atomic E-state index is 5.51. The largest absolute Gasteiger partial charge is 0.407 e. The van der Waals surface area contributed by atoms with Gasteiger partial charge in [-0.1, -0.05) is 18.9 Å². The summed E-state index contributed by atoms with van der Waals surface area (Å²) < 4.78 is 11.0. The van der Waals surface area contributed by atoms with Crippen LogP contribution in [0.25, 0.3) is 0 Å². The topological polar surface area (TPSA) is 72.2 Å². The molecule has 2 rings (SSSR count). The Morgan fingerprint density at radius 3 is 2.89 bits per heavy atom. The first-order chi connectivity index (χ1) is 8.65. The summed E-state index contributed by atoms with van der Waals surface area (Å²) >= 11 is 0. The number of nitrogens with one attached hydrogen (secondary N) is 2. The predicted molar refractivity (Wildman–Crippen MR) is 68.3 cm³/mol. The molecule has 0 bridgehead atoms. The number of ether oxygens (including phenoxy) is 1. The zero-order chi connectivity index (χ0) is 13.0. The van der Waals surface area contributed by atoms with E-state index in [-0.39, 0.29) is 0 Å². The van der Waals surface area contributed by atoms with Gasteiger partial charge in [-0.25, -0.2) is 0 Å². The summed E-state index contributed by atoms with van der Waals surface area (Å²) in [7, 11) is 0. The Labute approximate surface area is 107 Å². The van der Waals surface area contributed by atoms with Crippen LogP contribution in [0.5, 0.6) is 0 Å². The first-order valence-electron chi connectivity index (χ1n) is 6.56. The van der Waals surface area contributed by atoms with Crippen LogP contribution >= 0.6 is 0 Å². The van der Waals surface area contributed by atoms with Crippen molar-refractivity contribution in [3.8, 4) is 0 Å². The van der Waals surface area contributed by atoms with E-state index in [0.717, 1.165) is 19.6 Å². The Hall–Kier alpha value is -1.14. The summed E-state index contributed by atoms with van der Waals surface area (Å²) in [4.78, 5) is 0. The molecule has 0 amide bonds. The maximum Gasteiger partial charge on any atom is 0.315 e. The molecule has 0 saturated carbocycles. The molecular weight excluding hydrogens is 232 g/mol. The van der Waals surface area contributed by atoms with Crippen molar-refractivity contribution >= 4 is 6.01 Å². The average Bonchev–Trinajstić information content (AvgIpc) is 2.93. The summed E-state index contributed by atoms with van der Waals surface area (Å²) in [6.45, 7) is 8.54. The van der Waals surface area contributed by atoms with Crippen LogP contribution in [-0.4, -0.2) is 35.5 Å². The molecule has 1 aliphatic heterocycles. The van der Waals surface area contributed by atoms with Crippen molar-refractivity contribution in [2.24, 2.45) is 5.92 Å². The Balaban J connectivity index is 1.76. The summed E-state index contributed by atoms with van der Waals surface area (Å²) in [6, 6.07) is 0.902. The maximum atomic E-state index is 5.51. The van der Waals surface area contributed by atoms with E-state index in [9.17, 15) is 0 Å². The van der Waals surface area contributed by atoms with Crippen molar-refractivity contribution in [2.45, 2.75) is 45.9 Å². The summed E-state index contributed by atoms with van der Waals surface area (Å²) in [6.07, 6.45) is 1.40. The number of anilines is 1. The molecule has 2 unspecified atom stereocenters. The van der Waals surface area contributed by atoms with E-state index in [1.807, 2.05) is 0 Å². The molecule has 102 valence electrons. The third-order valence-corrected chi connectivity index (χ3v) is 3.18. The molecule has 2 atom stereocenters. The highest BCUT2D eigenvalue weighted by molar-refractivity contribution is 5.17. The van der Waals surface area contributed by atoms with Gasteiger partial charge in [0, 0.05) is 25.1 Å². The fourth-order valence-corrected chi connectivity index (χ4v) is 1.95. The van der Waals surface area contributed by atoms with Gasteiger partial charge in [-0.15, -0.1) is 5.10 Å². The minimum atomic E-state index is 0.308. The summed E-state index contributed by atoms with van der Waals surface area (Å²) in [5, 5.41) is 14.4. The Kier molecular flexibility index (Phi) is 4.54. The molecule has 6 heteroatoms. The quantitative estimate of drug-likeness (QED) is 0.799. The number of hydrogen-bond donors (Lipinski definition) is 2. The van der Waals surface area contributed by atoms with E-state index in [1.165, 1.54) is 0 Å². The highest BCUT2D eigenvalue weighted by atomic mass is 16.5. The number of aromatic nitrogens is 2. The summed E-state index contributed by atoms with van der Waals surface area (Å²) in [5.41, 5.74) is 0. The van der Waals surface area contributed by atoms with Crippen LogP contribution in [0.3, 0.4) is 0 Å². The Bertz CT molecular complexity index is 367. The lowest BCUT2D eigenvalue weighted by Crippen LogP contribution is -2.22. The van der Waals surface area contributed by atoms with E-state index in [4.69, 9.17) is 9.15 Å². The van der Waals surface area contributed by atoms with Gasteiger partial charge in [0.25, 0.3) is 0 Å². The minimum Gasteiger partial charge on any atom is -0.407 e. The minimum absolute atomic E-state index is 0.308. The molecule has 0 radical (unpaired) electrons. The number of hydrogen-bond acceptors (Lipinski definition) is 6. The zero-order valence-corrected chi connectivity index (χ0v) is 11.3. The molecule has 2 heterocycles. The van der Waals surface area contributed by atoms with Crippen molar-refractivity contribution in [3.63, 3.8) is 0 Å². The average molecular weight is 254 g/mol. The van der Waals surface area contributed by atoms with Crippen LogP contribution in [0.1, 0.15) is 33.1 Å². The van der Waals surface area contributed by atoms with Gasteiger partial charge in [0.05, 0.1) is 12.6 Å². The van der Waals surface area contributed by atoms with Crippen molar-refractivity contribution in [1.29, 1.82) is 0 Å². The van der Waals surface area contributed by atoms with Crippen LogP contribution in [0.15, 0.2) is 4.42 Å². The highest BCUT2D eigenvalue weighted by Gasteiger charge is 2.24. The molecule has 1 aromatic rings. The van der Waals surface area contributed by atoms with E-state index in [0.29, 0.717) is 36.5 Å². The van der Waals surface area contributed by atoms with Gasteiger partial charge >= 0.3 is 6.01 Å². The molecular formula is C12H22N4O2. The van der Waals surface area contributed by atoms with Gasteiger partial charge in [0.15, 0.2) is 0 Å². The van der Waals surface area contributed by atoms with Crippen LogP contribution in [0, 0.1) is 5.92 Å². The van der Waals surface area contributed by atoms with Gasteiger partial charge in [0.2, 0.25) is 5.89 Å². The molecule has 0 spiro atoms. The zero-order valence-electron chi connectivity index (χ0n) is 11.3. The predicted octanol–water partition coefficient (Wildman–Crippen LogP) is 1.40. The first kappa shape index (κ1) is 13.3. The van der Waals surface area contributed by atoms with Crippen LogP contribution < -0.4 is 10.6 Å². The van der Waals surface area contributed by atoms with E-state index in [1.54, 1.807) is 0 Å². The highest BCUT2D eigenvalue weighted by Crippen LogP contribution is 2.20. The third kappa shape index (κ3) is 3.68. The smallest absolute Gasteiger partial charge is 0.315 e. The van der Waals surface area contributed by atoms with Crippen molar-refractivity contribution in [3.05, 3.63) is 5.89 Å². The molecule has 1 aromatic heterocycles. The Morgan fingerprint density at radius 2 is 2.22 bits per heavy atom. The van der Waals surface area contributed by atoms with Crippen molar-refractivity contribution in [2.75, 3.05) is 18.5 Å². The molecule has 0 aromatic carbocycles. The molecule has 1 aliphatic rings. The first-order valence-corrected chi connectivity index (χ1v) is 6.56. The van der Waals surface area contributed by atoms with Crippen LogP contribution in [0.4, 0.5) is 6.01 Å². The summed E-state index contributed by atoms with van der Waals surface area (Å²) in [5.74, 6) is 1.14. The van der Waals surface area contributed by atoms with Gasteiger partial charge in [0.1, 0.15) is 0 Å². The normalized spacial score (nSPS) is 23.8. The van der Waals surface area contributed by atoms with E-state index < -0.39 is 0 Å². The fraction of sp³-hybridized carbons (Fsp3) is 0.833. The lowest BCUT2D eigenvalue weighted by molar-refractivity contribution is 0.108. The molecule has 1 saturated heterocycles. The standard InChI is InChI=1S/C12H22N4O2/c1-8(2)13-7-11-15-16-12(18-11)14-6-10-4-5-17-9(10)3/h8-10,13H,4-7H2,1-3H3,(H,14,16). The van der Waals surface area contributed by atoms with Crippen LogP contribution in [-0.2, 0) is 11.3 Å². The van der Waals surface area contributed by atoms with E-state index >= 15 is 0 Å². The number of nitrogens with zero attached hydrogens (tertiary/aromatic N) is 2. The second kappa shape index (κ2) is 6.15. The molecule has 6 nitrogen and oxygen atoms in total. The van der Waals surface area contributed by atoms with E-state index in [2.05, 4.69) is 41.6 Å². The molecule has 1 fully saturated rings. The SMILES string of the molecule is CC(C)NCc1nnc(NCC2CCOC2C)o1. The molecule has 2 N–H and O–H groups in total. The van der Waals surface area contributed by atoms with Gasteiger partial charge in [-0.05, 0) is 13.3 Å². The molecule has 0 aliphatic carbocycles. The van der Waals surface area contributed by atoms with Gasteiger partial charge < -0.3 is 19.8 Å². The number of rotatable bonds is 6. The lowest BCUT2D eigenvalue weighted by Gasteiger charge is -2.13. The monoisotopic (exact) mass is 254 g/mol.